The Labute approximate surface area is 205 Å². The maximum absolute atomic E-state index is 12.2. The normalized spacial score (nSPS) is 20.1. The average Bonchev–Trinajstić information content (AvgIpc) is 3.45. The van der Waals surface area contributed by atoms with Crippen LogP contribution in [0.4, 0.5) is 11.4 Å². The quantitative estimate of drug-likeness (QED) is 0.385. The molecule has 176 valence electrons. The van der Waals surface area contributed by atoms with Gasteiger partial charge in [0.1, 0.15) is 6.10 Å². The number of aliphatic carboxylic acids is 1. The van der Waals surface area contributed by atoms with Crippen LogP contribution >= 0.6 is 11.6 Å². The summed E-state index contributed by atoms with van der Waals surface area (Å²) in [5, 5.41) is 9.34. The van der Waals surface area contributed by atoms with Crippen LogP contribution in [0.2, 0.25) is 0 Å². The molecule has 0 spiro atoms. The van der Waals surface area contributed by atoms with E-state index >= 15 is 0 Å². The highest BCUT2D eigenvalue weighted by molar-refractivity contribution is 6.25. The van der Waals surface area contributed by atoms with Gasteiger partial charge >= 0.3 is 5.97 Å². The number of halogens is 1. The van der Waals surface area contributed by atoms with Gasteiger partial charge in [-0.1, -0.05) is 32.0 Å². The van der Waals surface area contributed by atoms with Crippen LogP contribution in [0, 0.1) is 0 Å². The molecule has 1 aromatic heterocycles. The first kappa shape index (κ1) is 22.7. The van der Waals surface area contributed by atoms with Crippen molar-refractivity contribution in [2.45, 2.75) is 63.0 Å². The second kappa shape index (κ2) is 9.30. The zero-order valence-electron chi connectivity index (χ0n) is 19.4. The van der Waals surface area contributed by atoms with E-state index in [0.717, 1.165) is 40.9 Å². The van der Waals surface area contributed by atoms with Crippen LogP contribution in [0.15, 0.2) is 60.8 Å². The summed E-state index contributed by atoms with van der Waals surface area (Å²) in [6, 6.07) is 17.0. The number of carboxylic acid groups (broad SMARTS) is 1. The van der Waals surface area contributed by atoms with Crippen LogP contribution in [-0.4, -0.2) is 28.2 Å². The number of alkyl halides is 1. The molecule has 34 heavy (non-hydrogen) atoms. The third kappa shape index (κ3) is 4.25. The topological polar surface area (TPSA) is 62.7 Å². The second-order valence-corrected chi connectivity index (χ2v) is 9.95. The molecule has 2 unspecified atom stereocenters. The lowest BCUT2D eigenvalue weighted by molar-refractivity contribution is -0.138. The minimum absolute atomic E-state index is 0.267. The number of carbonyl (C=O) groups is 1. The van der Waals surface area contributed by atoms with Crippen molar-refractivity contribution >= 4 is 28.9 Å². The number of fused-ring (bicyclic) bond motifs is 1. The van der Waals surface area contributed by atoms with Crippen molar-refractivity contribution in [3.63, 3.8) is 0 Å². The van der Waals surface area contributed by atoms with Gasteiger partial charge in [-0.3, -0.25) is 0 Å². The molecule has 3 aromatic rings. The van der Waals surface area contributed by atoms with Crippen molar-refractivity contribution in [3.05, 3.63) is 71.9 Å². The lowest BCUT2D eigenvalue weighted by Gasteiger charge is -2.26. The van der Waals surface area contributed by atoms with E-state index in [-0.39, 0.29) is 6.10 Å². The Morgan fingerprint density at radius 3 is 2.38 bits per heavy atom. The van der Waals surface area contributed by atoms with Crippen LogP contribution in [0.5, 0.6) is 5.88 Å². The molecule has 1 aliphatic heterocycles. The van der Waals surface area contributed by atoms with Gasteiger partial charge in [-0.2, -0.15) is 0 Å². The Balaban J connectivity index is 1.45. The predicted molar refractivity (Wildman–Crippen MR) is 135 cm³/mol. The SMILES string of the molecule is CC(C)c1ccc(N2c3ccc(-c4ccc(OC5CCCC5)nc4)cc3C(Cl)C2C(=O)O)cc1. The molecule has 2 heterocycles. The van der Waals surface area contributed by atoms with Gasteiger partial charge in [0.05, 0.1) is 5.38 Å². The number of hydrogen-bond donors (Lipinski definition) is 1. The van der Waals surface area contributed by atoms with Crippen molar-refractivity contribution < 1.29 is 14.6 Å². The summed E-state index contributed by atoms with van der Waals surface area (Å²) < 4.78 is 5.98. The summed E-state index contributed by atoms with van der Waals surface area (Å²) in [6.45, 7) is 4.28. The summed E-state index contributed by atoms with van der Waals surface area (Å²) in [7, 11) is 0. The van der Waals surface area contributed by atoms with Crippen LogP contribution in [0.3, 0.4) is 0 Å². The van der Waals surface area contributed by atoms with Gasteiger partial charge in [0.15, 0.2) is 6.04 Å². The van der Waals surface area contributed by atoms with Crippen molar-refractivity contribution in [2.75, 3.05) is 4.90 Å². The molecule has 1 fully saturated rings. The molecule has 1 aliphatic carbocycles. The number of pyridine rings is 1. The first-order chi connectivity index (χ1) is 16.4. The van der Waals surface area contributed by atoms with Gasteiger partial charge < -0.3 is 14.7 Å². The van der Waals surface area contributed by atoms with Crippen LogP contribution in [0.1, 0.15) is 62.0 Å². The monoisotopic (exact) mass is 476 g/mol. The highest BCUT2D eigenvalue weighted by Gasteiger charge is 2.43. The Bertz CT molecular complexity index is 1170. The summed E-state index contributed by atoms with van der Waals surface area (Å²) >= 11 is 6.75. The van der Waals surface area contributed by atoms with Crippen molar-refractivity contribution in [2.24, 2.45) is 0 Å². The van der Waals surface area contributed by atoms with Gasteiger partial charge in [0.2, 0.25) is 5.88 Å². The fourth-order valence-corrected chi connectivity index (χ4v) is 5.37. The van der Waals surface area contributed by atoms with E-state index in [4.69, 9.17) is 16.3 Å². The zero-order chi connectivity index (χ0) is 23.8. The molecule has 1 N–H and O–H groups in total. The molecule has 5 rings (SSSR count). The van der Waals surface area contributed by atoms with Crippen LogP contribution < -0.4 is 9.64 Å². The molecular formula is C28H29ClN2O3. The van der Waals surface area contributed by atoms with Gasteiger partial charge in [0, 0.05) is 29.2 Å². The molecule has 2 aromatic carbocycles. The molecule has 0 bridgehead atoms. The predicted octanol–water partition coefficient (Wildman–Crippen LogP) is 7.08. The van der Waals surface area contributed by atoms with Crippen LogP contribution in [-0.2, 0) is 4.79 Å². The zero-order valence-corrected chi connectivity index (χ0v) is 20.2. The largest absolute Gasteiger partial charge is 0.480 e. The number of ether oxygens (including phenoxy) is 1. The highest BCUT2D eigenvalue weighted by Crippen LogP contribution is 2.48. The lowest BCUT2D eigenvalue weighted by Crippen LogP contribution is -2.36. The number of nitrogens with zero attached hydrogens (tertiary/aromatic N) is 2. The Morgan fingerprint density at radius 1 is 1.06 bits per heavy atom. The highest BCUT2D eigenvalue weighted by atomic mass is 35.5. The fraction of sp³-hybridized carbons (Fsp3) is 0.357. The molecular weight excluding hydrogens is 448 g/mol. The first-order valence-electron chi connectivity index (χ1n) is 12.0. The Morgan fingerprint density at radius 2 is 1.76 bits per heavy atom. The molecule has 5 nitrogen and oxygen atoms in total. The number of carboxylic acids is 1. The summed E-state index contributed by atoms with van der Waals surface area (Å²) in [4.78, 5) is 18.6. The molecule has 2 atom stereocenters. The number of anilines is 2. The maximum Gasteiger partial charge on any atom is 0.328 e. The van der Waals surface area contributed by atoms with Crippen molar-refractivity contribution in [3.8, 4) is 17.0 Å². The van der Waals surface area contributed by atoms with E-state index in [1.165, 1.54) is 18.4 Å². The minimum Gasteiger partial charge on any atom is -0.480 e. The third-order valence-electron chi connectivity index (χ3n) is 6.89. The summed E-state index contributed by atoms with van der Waals surface area (Å²) in [5.74, 6) is 0.108. The first-order valence-corrected chi connectivity index (χ1v) is 12.4. The Kier molecular flexibility index (Phi) is 6.22. The second-order valence-electron chi connectivity index (χ2n) is 9.48. The number of aromatic nitrogens is 1. The molecule has 0 radical (unpaired) electrons. The molecule has 2 aliphatic rings. The van der Waals surface area contributed by atoms with E-state index in [2.05, 4.69) is 31.0 Å². The van der Waals surface area contributed by atoms with Gasteiger partial charge in [-0.15, -0.1) is 11.6 Å². The lowest BCUT2D eigenvalue weighted by atomic mass is 10.0. The molecule has 0 saturated heterocycles. The number of rotatable bonds is 6. The number of benzene rings is 2. The van der Waals surface area contributed by atoms with E-state index in [1.807, 2.05) is 47.4 Å². The molecule has 0 amide bonds. The van der Waals surface area contributed by atoms with Gasteiger partial charge in [-0.05, 0) is 78.6 Å². The van der Waals surface area contributed by atoms with E-state index in [0.29, 0.717) is 11.8 Å². The van der Waals surface area contributed by atoms with Crippen molar-refractivity contribution in [1.29, 1.82) is 0 Å². The van der Waals surface area contributed by atoms with E-state index < -0.39 is 17.4 Å². The third-order valence-corrected chi connectivity index (χ3v) is 7.36. The average molecular weight is 477 g/mol. The van der Waals surface area contributed by atoms with E-state index in [9.17, 15) is 9.90 Å². The Hall–Kier alpha value is -3.05. The summed E-state index contributed by atoms with van der Waals surface area (Å²) in [6.07, 6.45) is 6.69. The van der Waals surface area contributed by atoms with Crippen molar-refractivity contribution in [1.82, 2.24) is 4.98 Å². The van der Waals surface area contributed by atoms with Gasteiger partial charge in [0.25, 0.3) is 0 Å². The van der Waals surface area contributed by atoms with E-state index in [1.54, 1.807) is 6.20 Å². The number of hydrogen-bond acceptors (Lipinski definition) is 4. The maximum atomic E-state index is 12.2. The molecule has 1 saturated carbocycles. The smallest absolute Gasteiger partial charge is 0.328 e. The standard InChI is InChI=1S/C28H29ClN2O3/c1-17(2)18-7-11-21(12-8-18)31-24-13-9-19(15-23(24)26(29)27(31)28(32)33)20-10-14-25(30-16-20)34-22-5-3-4-6-22/h7-17,22,26-27H,3-6H2,1-2H3,(H,32,33). The summed E-state index contributed by atoms with van der Waals surface area (Å²) in [5.41, 5.74) is 5.56. The van der Waals surface area contributed by atoms with Gasteiger partial charge in [-0.25, -0.2) is 9.78 Å². The fourth-order valence-electron chi connectivity index (χ4n) is 4.98. The molecule has 6 heteroatoms. The van der Waals surface area contributed by atoms with Crippen LogP contribution in [0.25, 0.3) is 11.1 Å². The minimum atomic E-state index is -0.944.